The summed E-state index contributed by atoms with van der Waals surface area (Å²) in [6.45, 7) is 5.88. The number of nitrogens with one attached hydrogen (secondary N) is 2. The van der Waals surface area contributed by atoms with Crippen molar-refractivity contribution in [2.24, 2.45) is 4.99 Å². The lowest BCUT2D eigenvalue weighted by Gasteiger charge is -2.29. The first-order chi connectivity index (χ1) is 14.1. The van der Waals surface area contributed by atoms with Crippen molar-refractivity contribution in [1.29, 1.82) is 0 Å². The molecule has 0 aliphatic carbocycles. The largest absolute Gasteiger partial charge is 0.355 e. The number of benzene rings is 1. The van der Waals surface area contributed by atoms with E-state index in [0.717, 1.165) is 44.7 Å². The van der Waals surface area contributed by atoms with E-state index in [4.69, 9.17) is 11.6 Å². The summed E-state index contributed by atoms with van der Waals surface area (Å²) in [6, 6.07) is 4.72. The van der Waals surface area contributed by atoms with Gasteiger partial charge in [0.1, 0.15) is 18.0 Å². The Morgan fingerprint density at radius 1 is 1.31 bits per heavy atom. The molecule has 2 aromatic rings. The van der Waals surface area contributed by atoms with Gasteiger partial charge in [0.25, 0.3) is 0 Å². The quantitative estimate of drug-likeness (QED) is 0.506. The van der Waals surface area contributed by atoms with E-state index in [0.29, 0.717) is 29.6 Å². The molecule has 0 spiro atoms. The van der Waals surface area contributed by atoms with E-state index in [-0.39, 0.29) is 11.9 Å². The lowest BCUT2D eigenvalue weighted by atomic mass is 10.0. The molecule has 2 heterocycles. The second-order valence-electron chi connectivity index (χ2n) is 7.07. The third-order valence-electron chi connectivity index (χ3n) is 5.26. The van der Waals surface area contributed by atoms with Crippen LogP contribution >= 0.6 is 11.6 Å². The fraction of sp³-hybridized carbons (Fsp3) is 0.550. The van der Waals surface area contributed by atoms with Gasteiger partial charge in [0.05, 0.1) is 6.04 Å². The van der Waals surface area contributed by atoms with Crippen molar-refractivity contribution >= 4 is 17.6 Å². The molecule has 158 valence electrons. The van der Waals surface area contributed by atoms with Gasteiger partial charge in [0, 0.05) is 43.7 Å². The zero-order valence-corrected chi connectivity index (χ0v) is 17.8. The van der Waals surface area contributed by atoms with Crippen LogP contribution in [-0.4, -0.2) is 58.9 Å². The second kappa shape index (κ2) is 10.5. The topological polar surface area (TPSA) is 70.4 Å². The van der Waals surface area contributed by atoms with Gasteiger partial charge in [0.2, 0.25) is 0 Å². The summed E-state index contributed by atoms with van der Waals surface area (Å²) in [5, 5.41) is 15.1. The van der Waals surface area contributed by atoms with E-state index in [1.54, 1.807) is 25.5 Å². The van der Waals surface area contributed by atoms with Gasteiger partial charge in [-0.3, -0.25) is 9.89 Å². The normalized spacial score (nSPS) is 16.2. The predicted molar refractivity (Wildman–Crippen MR) is 114 cm³/mol. The molecule has 2 N–H and O–H groups in total. The van der Waals surface area contributed by atoms with E-state index < -0.39 is 0 Å². The minimum Gasteiger partial charge on any atom is -0.355 e. The third kappa shape index (κ3) is 5.45. The third-order valence-corrected chi connectivity index (χ3v) is 5.59. The highest BCUT2D eigenvalue weighted by Gasteiger charge is 2.27. The zero-order valence-electron chi connectivity index (χ0n) is 17.0. The summed E-state index contributed by atoms with van der Waals surface area (Å²) in [6.07, 6.45) is 4.82. The first-order valence-corrected chi connectivity index (χ1v) is 10.5. The number of hydrogen-bond donors (Lipinski definition) is 2. The molecule has 0 amide bonds. The minimum atomic E-state index is -0.265. The van der Waals surface area contributed by atoms with Crippen LogP contribution in [0.5, 0.6) is 0 Å². The van der Waals surface area contributed by atoms with Gasteiger partial charge in [-0.2, -0.15) is 0 Å². The van der Waals surface area contributed by atoms with Crippen molar-refractivity contribution in [3.8, 4) is 0 Å². The SMILES string of the molecule is CCc1nncn1CCNC(=NC)NCC(c1c(F)cccc1Cl)N1CCCC1. The first kappa shape index (κ1) is 21.5. The standard InChI is InChI=1S/C20H29ClFN7/c1-3-18-27-26-14-29(18)12-9-24-20(23-2)25-13-17(28-10-4-5-11-28)19-15(21)7-6-8-16(19)22/h6-8,14,17H,3-5,9-13H2,1-2H3,(H2,23,24,25). The minimum absolute atomic E-state index is 0.144. The van der Waals surface area contributed by atoms with E-state index in [2.05, 4.69) is 37.6 Å². The zero-order chi connectivity index (χ0) is 20.6. The van der Waals surface area contributed by atoms with E-state index in [1.807, 2.05) is 4.57 Å². The smallest absolute Gasteiger partial charge is 0.191 e. The first-order valence-electron chi connectivity index (χ1n) is 10.1. The summed E-state index contributed by atoms with van der Waals surface area (Å²) in [5.41, 5.74) is 0.552. The van der Waals surface area contributed by atoms with Crippen molar-refractivity contribution in [2.45, 2.75) is 38.8 Å². The predicted octanol–water partition coefficient (Wildman–Crippen LogP) is 2.64. The van der Waals surface area contributed by atoms with E-state index >= 15 is 0 Å². The van der Waals surface area contributed by atoms with Crippen LogP contribution in [0.3, 0.4) is 0 Å². The Bertz CT molecular complexity index is 797. The number of guanidine groups is 1. The highest BCUT2D eigenvalue weighted by atomic mass is 35.5. The number of rotatable bonds is 8. The van der Waals surface area contributed by atoms with Gasteiger partial charge < -0.3 is 15.2 Å². The van der Waals surface area contributed by atoms with Gasteiger partial charge in [-0.05, 0) is 38.1 Å². The second-order valence-corrected chi connectivity index (χ2v) is 7.48. The molecule has 1 unspecified atom stereocenters. The van der Waals surface area contributed by atoms with Crippen LogP contribution in [0.4, 0.5) is 4.39 Å². The molecule has 0 saturated carbocycles. The molecule has 1 aliphatic heterocycles. The molecule has 9 heteroatoms. The lowest BCUT2D eigenvalue weighted by Crippen LogP contribution is -2.43. The molecule has 7 nitrogen and oxygen atoms in total. The average molecular weight is 422 g/mol. The van der Waals surface area contributed by atoms with Gasteiger partial charge >= 0.3 is 0 Å². The maximum Gasteiger partial charge on any atom is 0.191 e. The number of aromatic nitrogens is 3. The molecule has 0 bridgehead atoms. The molecule has 3 rings (SSSR count). The number of nitrogens with zero attached hydrogens (tertiary/aromatic N) is 5. The van der Waals surface area contributed by atoms with Gasteiger partial charge in [-0.1, -0.05) is 24.6 Å². The monoisotopic (exact) mass is 421 g/mol. The van der Waals surface area contributed by atoms with Crippen LogP contribution in [0.1, 0.15) is 37.2 Å². The summed E-state index contributed by atoms with van der Waals surface area (Å²) in [4.78, 5) is 6.58. The summed E-state index contributed by atoms with van der Waals surface area (Å²) in [7, 11) is 1.73. The molecule has 1 aromatic carbocycles. The molecule has 1 fully saturated rings. The molecule has 1 atom stereocenters. The molecular formula is C20H29ClFN7. The summed E-state index contributed by atoms with van der Waals surface area (Å²) < 4.78 is 16.6. The number of aliphatic imine (C=N–C) groups is 1. The Morgan fingerprint density at radius 2 is 2.10 bits per heavy atom. The number of hydrogen-bond acceptors (Lipinski definition) is 4. The maximum atomic E-state index is 14.6. The van der Waals surface area contributed by atoms with Crippen molar-refractivity contribution in [3.05, 3.63) is 46.8 Å². The van der Waals surface area contributed by atoms with Gasteiger partial charge in [-0.25, -0.2) is 4.39 Å². The molecular weight excluding hydrogens is 393 g/mol. The average Bonchev–Trinajstić information content (AvgIpc) is 3.40. The van der Waals surface area contributed by atoms with Crippen molar-refractivity contribution < 1.29 is 4.39 Å². The van der Waals surface area contributed by atoms with Crippen molar-refractivity contribution in [1.82, 2.24) is 30.3 Å². The Hall–Kier alpha value is -2.19. The van der Waals surface area contributed by atoms with Crippen molar-refractivity contribution in [2.75, 3.05) is 33.2 Å². The fourth-order valence-corrected chi connectivity index (χ4v) is 4.03. The Labute approximate surface area is 176 Å². The highest BCUT2D eigenvalue weighted by molar-refractivity contribution is 6.31. The van der Waals surface area contributed by atoms with Crippen LogP contribution in [0.2, 0.25) is 5.02 Å². The van der Waals surface area contributed by atoms with Crippen LogP contribution in [0.15, 0.2) is 29.5 Å². The van der Waals surface area contributed by atoms with Crippen LogP contribution < -0.4 is 10.6 Å². The van der Waals surface area contributed by atoms with Gasteiger partial charge in [-0.15, -0.1) is 10.2 Å². The summed E-state index contributed by atoms with van der Waals surface area (Å²) >= 11 is 6.37. The highest BCUT2D eigenvalue weighted by Crippen LogP contribution is 2.31. The van der Waals surface area contributed by atoms with Crippen LogP contribution in [0, 0.1) is 5.82 Å². The van der Waals surface area contributed by atoms with Gasteiger partial charge in [0.15, 0.2) is 5.96 Å². The molecule has 1 aromatic heterocycles. The molecule has 1 aliphatic rings. The van der Waals surface area contributed by atoms with E-state index in [1.165, 1.54) is 6.07 Å². The number of halogens is 2. The maximum absolute atomic E-state index is 14.6. The van der Waals surface area contributed by atoms with Crippen molar-refractivity contribution in [3.63, 3.8) is 0 Å². The molecule has 1 saturated heterocycles. The number of likely N-dealkylation sites (tertiary alicyclic amines) is 1. The van der Waals surface area contributed by atoms with E-state index in [9.17, 15) is 4.39 Å². The molecule has 29 heavy (non-hydrogen) atoms. The van der Waals surface area contributed by atoms with Crippen LogP contribution in [0.25, 0.3) is 0 Å². The Balaban J connectivity index is 1.61. The summed E-state index contributed by atoms with van der Waals surface area (Å²) in [5.74, 6) is 1.37. The molecule has 0 radical (unpaired) electrons. The lowest BCUT2D eigenvalue weighted by molar-refractivity contribution is 0.240. The number of aryl methyl sites for hydroxylation is 1. The Kier molecular flexibility index (Phi) is 7.83. The Morgan fingerprint density at radius 3 is 2.79 bits per heavy atom. The van der Waals surface area contributed by atoms with Crippen LogP contribution in [-0.2, 0) is 13.0 Å². The fourth-order valence-electron chi connectivity index (χ4n) is 3.74.